The minimum absolute atomic E-state index is 0.0620. The van der Waals surface area contributed by atoms with E-state index < -0.39 is 18.2 Å². The molecule has 26 heavy (non-hydrogen) atoms. The van der Waals surface area contributed by atoms with E-state index in [0.717, 1.165) is 5.06 Å². The Kier molecular flexibility index (Phi) is 6.19. The number of hydroxylamine groups is 2. The molecule has 1 heterocycles. The Hall–Kier alpha value is -3.06. The Bertz CT molecular complexity index is 807. The zero-order valence-corrected chi connectivity index (χ0v) is 13.8. The number of rotatable bonds is 5. The molecule has 0 bridgehead atoms. The summed E-state index contributed by atoms with van der Waals surface area (Å²) in [5.74, 6) is 3.56. The van der Waals surface area contributed by atoms with Crippen LogP contribution in [-0.4, -0.2) is 35.0 Å². The third-order valence-corrected chi connectivity index (χ3v) is 3.08. The number of benzene rings is 1. The zero-order valence-electron chi connectivity index (χ0n) is 13.8. The third kappa shape index (κ3) is 4.97. The topological polar surface area (TPSA) is 77.7 Å². The summed E-state index contributed by atoms with van der Waals surface area (Å²) in [4.78, 5) is 20.1. The van der Waals surface area contributed by atoms with Crippen LogP contribution in [0, 0.1) is 11.8 Å². The summed E-state index contributed by atoms with van der Waals surface area (Å²) in [6, 6.07) is 6.18. The van der Waals surface area contributed by atoms with Crippen molar-refractivity contribution >= 4 is 6.09 Å². The highest BCUT2D eigenvalue weighted by molar-refractivity contribution is 5.66. The van der Waals surface area contributed by atoms with Gasteiger partial charge in [0.15, 0.2) is 6.61 Å². The van der Waals surface area contributed by atoms with Crippen molar-refractivity contribution in [1.29, 1.82) is 0 Å². The molecule has 7 nitrogen and oxygen atoms in total. The highest BCUT2D eigenvalue weighted by Gasteiger charge is 2.38. The van der Waals surface area contributed by atoms with E-state index in [1.165, 1.54) is 19.2 Å². The maximum absolute atomic E-state index is 12.5. The van der Waals surface area contributed by atoms with E-state index in [-0.39, 0.29) is 19.0 Å². The molecule has 0 unspecified atom stereocenters. The second-order valence-corrected chi connectivity index (χ2v) is 4.82. The van der Waals surface area contributed by atoms with Crippen LogP contribution in [0.15, 0.2) is 28.8 Å². The molecular weight excluding hydrogens is 355 g/mol. The summed E-state index contributed by atoms with van der Waals surface area (Å²) < 4.78 is 46.5. The summed E-state index contributed by atoms with van der Waals surface area (Å²) in [6.45, 7) is 1.62. The lowest BCUT2D eigenvalue weighted by molar-refractivity contribution is -0.159. The number of amides is 1. The normalized spacial score (nSPS) is 10.8. The van der Waals surface area contributed by atoms with Gasteiger partial charge < -0.3 is 9.26 Å². The molecule has 0 aliphatic carbocycles. The summed E-state index contributed by atoms with van der Waals surface area (Å²) in [6.07, 6.45) is -5.42. The van der Waals surface area contributed by atoms with Crippen LogP contribution in [0.4, 0.5) is 18.0 Å². The Labute approximate surface area is 146 Å². The molecule has 0 saturated heterocycles. The van der Waals surface area contributed by atoms with Crippen molar-refractivity contribution < 1.29 is 32.1 Å². The Morgan fingerprint density at radius 1 is 1.31 bits per heavy atom. The van der Waals surface area contributed by atoms with Gasteiger partial charge in [0.1, 0.15) is 0 Å². The predicted molar refractivity (Wildman–Crippen MR) is 82.1 cm³/mol. The summed E-state index contributed by atoms with van der Waals surface area (Å²) in [7, 11) is 1.30. The highest BCUT2D eigenvalue weighted by Crippen LogP contribution is 2.29. The molecule has 10 heteroatoms. The van der Waals surface area contributed by atoms with Gasteiger partial charge in [0.25, 0.3) is 0 Å². The van der Waals surface area contributed by atoms with E-state index in [9.17, 15) is 18.0 Å². The van der Waals surface area contributed by atoms with E-state index in [0.29, 0.717) is 11.1 Å². The van der Waals surface area contributed by atoms with Gasteiger partial charge in [-0.2, -0.15) is 23.2 Å². The van der Waals surface area contributed by atoms with E-state index >= 15 is 0 Å². The zero-order chi connectivity index (χ0) is 19.2. The fourth-order valence-electron chi connectivity index (χ4n) is 1.83. The number of hydrogen-bond donors (Lipinski definition) is 0. The van der Waals surface area contributed by atoms with E-state index in [2.05, 4.69) is 26.5 Å². The lowest BCUT2D eigenvalue weighted by Gasteiger charge is -2.18. The maximum atomic E-state index is 12.5. The van der Waals surface area contributed by atoms with E-state index in [1.54, 1.807) is 19.1 Å². The molecule has 1 aromatic carbocycles. The molecule has 0 atom stereocenters. The maximum Gasteiger partial charge on any atom is 0.471 e. The predicted octanol–water partition coefficient (Wildman–Crippen LogP) is 3.28. The van der Waals surface area contributed by atoms with Gasteiger partial charge >= 0.3 is 18.2 Å². The first kappa shape index (κ1) is 19.3. The molecule has 2 rings (SSSR count). The van der Waals surface area contributed by atoms with Gasteiger partial charge in [0.2, 0.25) is 5.82 Å². The van der Waals surface area contributed by atoms with Crippen LogP contribution in [-0.2, 0) is 22.3 Å². The quantitative estimate of drug-likeness (QED) is 0.595. The number of carbonyl (C=O) groups is 1. The number of alkyl halides is 3. The van der Waals surface area contributed by atoms with Gasteiger partial charge in [-0.25, -0.2) is 4.79 Å². The minimum atomic E-state index is -4.70. The summed E-state index contributed by atoms with van der Waals surface area (Å²) in [5, 5.41) is 4.28. The molecule has 0 saturated carbocycles. The van der Waals surface area contributed by atoms with Crippen LogP contribution in [0.3, 0.4) is 0 Å². The standard InChI is InChI=1S/C16H14F3N3O4/c1-3-4-9-25-15(23)22(24-2)10-11-5-7-12(8-6-11)13-20-14(26-21-13)16(17,18)19/h5-8H,9-10H2,1-2H3. The molecule has 0 spiro atoms. The average Bonchev–Trinajstić information content (AvgIpc) is 3.11. The van der Waals surface area contributed by atoms with Crippen LogP contribution in [0.5, 0.6) is 0 Å². The van der Waals surface area contributed by atoms with Gasteiger partial charge in [-0.05, 0) is 12.5 Å². The van der Waals surface area contributed by atoms with Crippen molar-refractivity contribution in [3.8, 4) is 23.2 Å². The number of aromatic nitrogens is 2. The molecule has 0 fully saturated rings. The monoisotopic (exact) mass is 369 g/mol. The van der Waals surface area contributed by atoms with Gasteiger partial charge in [-0.3, -0.25) is 4.84 Å². The van der Waals surface area contributed by atoms with Crippen molar-refractivity contribution in [3.05, 3.63) is 35.7 Å². The van der Waals surface area contributed by atoms with Crippen LogP contribution in [0.25, 0.3) is 11.4 Å². The van der Waals surface area contributed by atoms with Crippen molar-refractivity contribution in [3.63, 3.8) is 0 Å². The summed E-state index contributed by atoms with van der Waals surface area (Å²) >= 11 is 0. The molecule has 0 N–H and O–H groups in total. The molecule has 138 valence electrons. The molecular formula is C16H14F3N3O4. The smallest absolute Gasteiger partial charge is 0.435 e. The molecule has 0 radical (unpaired) electrons. The first-order valence-electron chi connectivity index (χ1n) is 7.23. The minimum Gasteiger partial charge on any atom is -0.435 e. The molecule has 0 aliphatic rings. The Morgan fingerprint density at radius 2 is 2.00 bits per heavy atom. The molecule has 1 amide bonds. The SMILES string of the molecule is CC#CCOC(=O)N(Cc1ccc(-c2noc(C(F)(F)F)n2)cc1)OC. The highest BCUT2D eigenvalue weighted by atomic mass is 19.4. The van der Waals surface area contributed by atoms with Gasteiger partial charge in [0, 0.05) is 5.56 Å². The lowest BCUT2D eigenvalue weighted by atomic mass is 10.1. The number of nitrogens with zero attached hydrogens (tertiary/aromatic N) is 3. The van der Waals surface area contributed by atoms with Crippen molar-refractivity contribution in [2.75, 3.05) is 13.7 Å². The number of carbonyl (C=O) groups excluding carboxylic acids is 1. The molecule has 1 aromatic heterocycles. The van der Waals surface area contributed by atoms with E-state index in [4.69, 9.17) is 9.57 Å². The van der Waals surface area contributed by atoms with Crippen molar-refractivity contribution in [2.45, 2.75) is 19.6 Å². The number of hydrogen-bond acceptors (Lipinski definition) is 6. The fraction of sp³-hybridized carbons (Fsp3) is 0.312. The molecule has 0 aliphatic heterocycles. The van der Waals surface area contributed by atoms with Crippen LogP contribution >= 0.6 is 0 Å². The third-order valence-electron chi connectivity index (χ3n) is 3.08. The first-order chi connectivity index (χ1) is 12.3. The van der Waals surface area contributed by atoms with Gasteiger partial charge in [-0.1, -0.05) is 35.3 Å². The van der Waals surface area contributed by atoms with Crippen LogP contribution in [0.2, 0.25) is 0 Å². The lowest BCUT2D eigenvalue weighted by Crippen LogP contribution is -2.30. The van der Waals surface area contributed by atoms with Gasteiger partial charge in [-0.15, -0.1) is 5.92 Å². The van der Waals surface area contributed by atoms with Crippen molar-refractivity contribution in [1.82, 2.24) is 15.2 Å². The fourth-order valence-corrected chi connectivity index (χ4v) is 1.83. The molecule has 2 aromatic rings. The first-order valence-corrected chi connectivity index (χ1v) is 7.23. The Morgan fingerprint density at radius 3 is 2.54 bits per heavy atom. The number of halogens is 3. The van der Waals surface area contributed by atoms with Crippen LogP contribution in [0.1, 0.15) is 18.4 Å². The largest absolute Gasteiger partial charge is 0.471 e. The summed E-state index contributed by atoms with van der Waals surface area (Å²) in [5.41, 5.74) is 0.978. The van der Waals surface area contributed by atoms with E-state index in [1.807, 2.05) is 0 Å². The van der Waals surface area contributed by atoms with Crippen molar-refractivity contribution in [2.24, 2.45) is 0 Å². The van der Waals surface area contributed by atoms with Crippen LogP contribution < -0.4 is 0 Å². The number of ether oxygens (including phenoxy) is 1. The second kappa shape index (κ2) is 8.35. The average molecular weight is 369 g/mol. The Balaban J connectivity index is 2.05. The van der Waals surface area contributed by atoms with Gasteiger partial charge in [0.05, 0.1) is 13.7 Å². The second-order valence-electron chi connectivity index (χ2n) is 4.82.